The van der Waals surface area contributed by atoms with Gasteiger partial charge in [-0.25, -0.2) is 0 Å². The Bertz CT molecular complexity index is 762. The summed E-state index contributed by atoms with van der Waals surface area (Å²) in [6, 6.07) is 8.06. The second-order valence-corrected chi connectivity index (χ2v) is 4.67. The van der Waals surface area contributed by atoms with Crippen LogP contribution in [0, 0.1) is 6.92 Å². The van der Waals surface area contributed by atoms with Crippen LogP contribution in [0.4, 0.5) is 0 Å². The smallest absolute Gasteiger partial charge is 0.145 e. The molecule has 1 aromatic carbocycles. The molecule has 0 aliphatic heterocycles. The molecule has 3 rings (SSSR count). The van der Waals surface area contributed by atoms with Crippen molar-refractivity contribution >= 4 is 10.9 Å². The van der Waals surface area contributed by atoms with Crippen LogP contribution in [0.25, 0.3) is 22.0 Å². The van der Waals surface area contributed by atoms with Gasteiger partial charge in [-0.1, -0.05) is 6.07 Å². The highest BCUT2D eigenvalue weighted by Gasteiger charge is 2.13. The average molecular weight is 267 g/mol. The first-order valence-electron chi connectivity index (χ1n) is 6.70. The van der Waals surface area contributed by atoms with E-state index < -0.39 is 0 Å². The van der Waals surface area contributed by atoms with Crippen molar-refractivity contribution in [3.63, 3.8) is 0 Å². The summed E-state index contributed by atoms with van der Waals surface area (Å²) in [4.78, 5) is 4.44. The van der Waals surface area contributed by atoms with Crippen molar-refractivity contribution < 1.29 is 4.74 Å². The van der Waals surface area contributed by atoms with E-state index in [4.69, 9.17) is 4.74 Å². The standard InChI is InChI=1S/C16H17N3O/c1-4-19-11(2)14(10-18-19)12-7-8-15(20-3)16-13(12)6-5-9-17-16/h5-10H,4H2,1-3H3. The van der Waals surface area contributed by atoms with E-state index in [2.05, 4.69) is 36.1 Å². The Morgan fingerprint density at radius 1 is 1.20 bits per heavy atom. The lowest BCUT2D eigenvalue weighted by molar-refractivity contribution is 0.419. The van der Waals surface area contributed by atoms with Gasteiger partial charge in [0.05, 0.1) is 13.3 Å². The minimum absolute atomic E-state index is 0.796. The maximum atomic E-state index is 5.39. The number of rotatable bonds is 3. The van der Waals surface area contributed by atoms with E-state index in [-0.39, 0.29) is 0 Å². The number of benzene rings is 1. The number of aryl methyl sites for hydroxylation is 1. The van der Waals surface area contributed by atoms with Crippen LogP contribution in [-0.2, 0) is 6.54 Å². The molecule has 4 heteroatoms. The van der Waals surface area contributed by atoms with Crippen molar-refractivity contribution in [3.05, 3.63) is 42.4 Å². The van der Waals surface area contributed by atoms with Crippen LogP contribution < -0.4 is 4.74 Å². The fourth-order valence-corrected chi connectivity index (χ4v) is 2.58. The molecule has 0 aliphatic carbocycles. The minimum Gasteiger partial charge on any atom is -0.494 e. The Kier molecular flexibility index (Phi) is 3.14. The Hall–Kier alpha value is -2.36. The predicted octanol–water partition coefficient (Wildman–Crippen LogP) is 3.44. The van der Waals surface area contributed by atoms with E-state index >= 15 is 0 Å². The van der Waals surface area contributed by atoms with Gasteiger partial charge in [0, 0.05) is 29.4 Å². The second kappa shape index (κ2) is 4.96. The molecule has 0 saturated carbocycles. The lowest BCUT2D eigenvalue weighted by Gasteiger charge is -2.09. The maximum Gasteiger partial charge on any atom is 0.145 e. The monoisotopic (exact) mass is 267 g/mol. The van der Waals surface area contributed by atoms with Gasteiger partial charge in [-0.15, -0.1) is 0 Å². The van der Waals surface area contributed by atoms with E-state index in [0.29, 0.717) is 0 Å². The van der Waals surface area contributed by atoms with E-state index in [0.717, 1.165) is 34.3 Å². The van der Waals surface area contributed by atoms with Crippen molar-refractivity contribution in [1.29, 1.82) is 0 Å². The number of aromatic nitrogens is 3. The van der Waals surface area contributed by atoms with Crippen LogP contribution >= 0.6 is 0 Å². The molecule has 2 aromatic heterocycles. The van der Waals surface area contributed by atoms with Crippen LogP contribution in [0.3, 0.4) is 0 Å². The topological polar surface area (TPSA) is 39.9 Å². The van der Waals surface area contributed by atoms with Crippen molar-refractivity contribution in [2.24, 2.45) is 0 Å². The zero-order valence-corrected chi connectivity index (χ0v) is 11.9. The molecule has 0 spiro atoms. The van der Waals surface area contributed by atoms with Crippen molar-refractivity contribution in [3.8, 4) is 16.9 Å². The highest BCUT2D eigenvalue weighted by atomic mass is 16.5. The van der Waals surface area contributed by atoms with Crippen molar-refractivity contribution in [2.75, 3.05) is 7.11 Å². The number of hydrogen-bond donors (Lipinski definition) is 0. The molecular formula is C16H17N3O. The highest BCUT2D eigenvalue weighted by molar-refractivity contribution is 5.98. The highest BCUT2D eigenvalue weighted by Crippen LogP contribution is 2.34. The quantitative estimate of drug-likeness (QED) is 0.730. The summed E-state index contributed by atoms with van der Waals surface area (Å²) in [6.07, 6.45) is 3.71. The van der Waals surface area contributed by atoms with Gasteiger partial charge < -0.3 is 4.74 Å². The summed E-state index contributed by atoms with van der Waals surface area (Å²) in [7, 11) is 1.67. The Morgan fingerprint density at radius 3 is 2.75 bits per heavy atom. The molecule has 0 saturated heterocycles. The van der Waals surface area contributed by atoms with Crippen molar-refractivity contribution in [1.82, 2.24) is 14.8 Å². The first kappa shape index (κ1) is 12.7. The second-order valence-electron chi connectivity index (χ2n) is 4.67. The number of ether oxygens (including phenoxy) is 1. The number of nitrogens with zero attached hydrogens (tertiary/aromatic N) is 3. The summed E-state index contributed by atoms with van der Waals surface area (Å²) >= 11 is 0. The van der Waals surface area contributed by atoms with Gasteiger partial charge in [0.2, 0.25) is 0 Å². The van der Waals surface area contributed by atoms with Crippen LogP contribution in [0.2, 0.25) is 0 Å². The average Bonchev–Trinajstić information content (AvgIpc) is 2.87. The minimum atomic E-state index is 0.796. The molecule has 4 nitrogen and oxygen atoms in total. The Morgan fingerprint density at radius 2 is 2.05 bits per heavy atom. The molecule has 0 unspecified atom stereocenters. The molecule has 20 heavy (non-hydrogen) atoms. The lowest BCUT2D eigenvalue weighted by atomic mass is 10.0. The van der Waals surface area contributed by atoms with Crippen molar-refractivity contribution in [2.45, 2.75) is 20.4 Å². The molecule has 0 fully saturated rings. The maximum absolute atomic E-state index is 5.39. The van der Waals surface area contributed by atoms with Gasteiger partial charge in [-0.3, -0.25) is 9.67 Å². The summed E-state index contributed by atoms with van der Waals surface area (Å²) in [5.74, 6) is 0.796. The molecule has 0 aliphatic rings. The van der Waals surface area contributed by atoms with E-state index in [1.807, 2.05) is 23.0 Å². The first-order chi connectivity index (χ1) is 9.76. The van der Waals surface area contributed by atoms with Gasteiger partial charge in [0.15, 0.2) is 0 Å². The van der Waals surface area contributed by atoms with Crippen LogP contribution in [0.15, 0.2) is 36.7 Å². The number of methoxy groups -OCH3 is 1. The molecule has 0 N–H and O–H groups in total. The molecule has 0 amide bonds. The molecular weight excluding hydrogens is 250 g/mol. The zero-order chi connectivity index (χ0) is 14.1. The van der Waals surface area contributed by atoms with E-state index in [1.54, 1.807) is 13.3 Å². The lowest BCUT2D eigenvalue weighted by Crippen LogP contribution is -1.98. The summed E-state index contributed by atoms with van der Waals surface area (Å²) in [5.41, 5.74) is 4.34. The molecule has 0 radical (unpaired) electrons. The molecule has 0 bridgehead atoms. The number of fused-ring (bicyclic) bond motifs is 1. The largest absolute Gasteiger partial charge is 0.494 e. The number of pyridine rings is 1. The first-order valence-corrected chi connectivity index (χ1v) is 6.70. The third kappa shape index (κ3) is 1.84. The fourth-order valence-electron chi connectivity index (χ4n) is 2.58. The van der Waals surface area contributed by atoms with Gasteiger partial charge in [-0.2, -0.15) is 5.10 Å². The molecule has 2 heterocycles. The van der Waals surface area contributed by atoms with Gasteiger partial charge >= 0.3 is 0 Å². The SMILES string of the molecule is CCn1ncc(-c2ccc(OC)c3ncccc23)c1C. The van der Waals surface area contributed by atoms with Gasteiger partial charge in [0.25, 0.3) is 0 Å². The van der Waals surface area contributed by atoms with Crippen LogP contribution in [0.1, 0.15) is 12.6 Å². The van der Waals surface area contributed by atoms with E-state index in [9.17, 15) is 0 Å². The number of hydrogen-bond acceptors (Lipinski definition) is 3. The zero-order valence-electron chi connectivity index (χ0n) is 11.9. The summed E-state index contributed by atoms with van der Waals surface area (Å²) in [6.45, 7) is 5.06. The molecule has 3 aromatic rings. The normalized spacial score (nSPS) is 10.9. The Balaban J connectivity index is 2.29. The molecule has 0 atom stereocenters. The summed E-state index contributed by atoms with van der Waals surface area (Å²) in [5, 5.41) is 5.51. The van der Waals surface area contributed by atoms with Crippen LogP contribution in [0.5, 0.6) is 5.75 Å². The fraction of sp³-hybridized carbons (Fsp3) is 0.250. The summed E-state index contributed by atoms with van der Waals surface area (Å²) < 4.78 is 7.39. The third-order valence-electron chi connectivity index (χ3n) is 3.65. The predicted molar refractivity (Wildman–Crippen MR) is 79.9 cm³/mol. The molecule has 102 valence electrons. The van der Waals surface area contributed by atoms with Gasteiger partial charge in [0.1, 0.15) is 11.3 Å². The van der Waals surface area contributed by atoms with Gasteiger partial charge in [-0.05, 0) is 37.6 Å². The Labute approximate surface area is 118 Å². The van der Waals surface area contributed by atoms with E-state index in [1.165, 1.54) is 5.69 Å². The van der Waals surface area contributed by atoms with Crippen LogP contribution in [-0.4, -0.2) is 21.9 Å². The third-order valence-corrected chi connectivity index (χ3v) is 3.65.